The second kappa shape index (κ2) is 2.71. The van der Waals surface area contributed by atoms with Crippen LogP contribution in [-0.4, -0.2) is 20.4 Å². The predicted molar refractivity (Wildman–Crippen MR) is 37.8 cm³/mol. The molecule has 0 radical (unpaired) electrons. The standard InChI is InChI=1S/C7H4FNO4/c8-3-6(12)4(10)2(1-9)5(11)7(3)13/h10-13H. The van der Waals surface area contributed by atoms with E-state index in [2.05, 4.69) is 0 Å². The molecule has 1 aromatic rings. The van der Waals surface area contributed by atoms with Crippen molar-refractivity contribution in [1.82, 2.24) is 0 Å². The molecule has 1 aromatic carbocycles. The number of nitriles is 1. The van der Waals surface area contributed by atoms with E-state index in [1.165, 1.54) is 6.07 Å². The summed E-state index contributed by atoms with van der Waals surface area (Å²) >= 11 is 0. The van der Waals surface area contributed by atoms with Crippen LogP contribution in [-0.2, 0) is 0 Å². The number of halogens is 1. The van der Waals surface area contributed by atoms with Gasteiger partial charge in [0.25, 0.3) is 0 Å². The van der Waals surface area contributed by atoms with Gasteiger partial charge < -0.3 is 20.4 Å². The first-order chi connectivity index (χ1) is 6.00. The highest BCUT2D eigenvalue weighted by molar-refractivity contribution is 5.64. The van der Waals surface area contributed by atoms with Gasteiger partial charge in [0, 0.05) is 0 Å². The number of aromatic hydroxyl groups is 4. The first-order valence-electron chi connectivity index (χ1n) is 3.06. The third-order valence-electron chi connectivity index (χ3n) is 1.45. The first-order valence-corrected chi connectivity index (χ1v) is 3.06. The van der Waals surface area contributed by atoms with Crippen molar-refractivity contribution in [1.29, 1.82) is 5.26 Å². The van der Waals surface area contributed by atoms with Crippen LogP contribution < -0.4 is 0 Å². The fraction of sp³-hybridized carbons (Fsp3) is 0. The SMILES string of the molecule is N#Cc1c(O)c(O)c(F)c(O)c1O. The normalized spacial score (nSPS) is 9.54. The molecule has 0 aliphatic rings. The van der Waals surface area contributed by atoms with Crippen LogP contribution in [0.25, 0.3) is 0 Å². The van der Waals surface area contributed by atoms with Crippen molar-refractivity contribution in [3.8, 4) is 29.1 Å². The van der Waals surface area contributed by atoms with E-state index >= 15 is 0 Å². The maximum atomic E-state index is 12.6. The van der Waals surface area contributed by atoms with Gasteiger partial charge in [-0.15, -0.1) is 0 Å². The summed E-state index contributed by atoms with van der Waals surface area (Å²) in [6.45, 7) is 0. The molecule has 0 aliphatic heterocycles. The Balaban J connectivity index is 3.69. The van der Waals surface area contributed by atoms with Gasteiger partial charge in [0.05, 0.1) is 0 Å². The van der Waals surface area contributed by atoms with Crippen molar-refractivity contribution >= 4 is 0 Å². The van der Waals surface area contributed by atoms with E-state index in [1.54, 1.807) is 0 Å². The molecule has 0 heterocycles. The van der Waals surface area contributed by atoms with Crippen LogP contribution in [0.4, 0.5) is 4.39 Å². The summed E-state index contributed by atoms with van der Waals surface area (Å²) in [6, 6.07) is 1.29. The van der Waals surface area contributed by atoms with Crippen LogP contribution in [0.15, 0.2) is 0 Å². The number of nitrogens with zero attached hydrogens (tertiary/aromatic N) is 1. The first kappa shape index (κ1) is 8.93. The summed E-state index contributed by atoms with van der Waals surface area (Å²) in [6.07, 6.45) is 0. The number of phenols is 4. The quantitative estimate of drug-likeness (QED) is 0.348. The average Bonchev–Trinajstić information content (AvgIpc) is 2.13. The Morgan fingerprint density at radius 3 is 1.62 bits per heavy atom. The molecule has 0 bridgehead atoms. The van der Waals surface area contributed by atoms with Gasteiger partial charge in [0.1, 0.15) is 11.6 Å². The van der Waals surface area contributed by atoms with Crippen LogP contribution >= 0.6 is 0 Å². The van der Waals surface area contributed by atoms with E-state index in [-0.39, 0.29) is 0 Å². The molecule has 0 saturated carbocycles. The zero-order valence-electron chi connectivity index (χ0n) is 6.11. The van der Waals surface area contributed by atoms with Crippen LogP contribution in [0.1, 0.15) is 5.56 Å². The van der Waals surface area contributed by atoms with Crippen molar-refractivity contribution in [2.75, 3.05) is 0 Å². The minimum atomic E-state index is -1.58. The third-order valence-corrected chi connectivity index (χ3v) is 1.45. The van der Waals surface area contributed by atoms with Crippen LogP contribution in [0.5, 0.6) is 23.0 Å². The van der Waals surface area contributed by atoms with Gasteiger partial charge in [-0.3, -0.25) is 0 Å². The molecule has 0 spiro atoms. The highest BCUT2D eigenvalue weighted by atomic mass is 19.1. The van der Waals surface area contributed by atoms with Gasteiger partial charge in [0.2, 0.25) is 5.82 Å². The molecular weight excluding hydrogens is 181 g/mol. The summed E-state index contributed by atoms with van der Waals surface area (Å²) in [7, 11) is 0. The fourth-order valence-corrected chi connectivity index (χ4v) is 0.775. The molecule has 1 rings (SSSR count). The van der Waals surface area contributed by atoms with Gasteiger partial charge in [-0.25, -0.2) is 0 Å². The van der Waals surface area contributed by atoms with E-state index < -0.39 is 34.4 Å². The number of phenolic OH excluding ortho intramolecular Hbond substituents is 4. The number of benzene rings is 1. The van der Waals surface area contributed by atoms with E-state index in [1.807, 2.05) is 0 Å². The highest BCUT2D eigenvalue weighted by Gasteiger charge is 2.23. The van der Waals surface area contributed by atoms with E-state index in [0.717, 1.165) is 0 Å². The highest BCUT2D eigenvalue weighted by Crippen LogP contribution is 2.44. The number of hydrogen-bond acceptors (Lipinski definition) is 5. The monoisotopic (exact) mass is 185 g/mol. The van der Waals surface area contributed by atoms with Gasteiger partial charge >= 0.3 is 0 Å². The van der Waals surface area contributed by atoms with Crippen molar-refractivity contribution in [3.63, 3.8) is 0 Å². The average molecular weight is 185 g/mol. The molecule has 0 unspecified atom stereocenters. The number of hydrogen-bond donors (Lipinski definition) is 4. The smallest absolute Gasteiger partial charge is 0.214 e. The third kappa shape index (κ3) is 1.06. The lowest BCUT2D eigenvalue weighted by molar-refractivity contribution is 0.334. The lowest BCUT2D eigenvalue weighted by atomic mass is 10.1. The van der Waals surface area contributed by atoms with Gasteiger partial charge in [-0.1, -0.05) is 0 Å². The number of rotatable bonds is 0. The Kier molecular flexibility index (Phi) is 1.86. The Hall–Kier alpha value is -2.16. The largest absolute Gasteiger partial charge is 0.503 e. The molecule has 68 valence electrons. The lowest BCUT2D eigenvalue weighted by Gasteiger charge is -2.05. The van der Waals surface area contributed by atoms with Crippen molar-refractivity contribution in [3.05, 3.63) is 11.4 Å². The molecular formula is C7H4FNO4. The maximum Gasteiger partial charge on any atom is 0.214 e. The molecule has 0 saturated heterocycles. The Labute approximate surface area is 71.5 Å². The molecule has 0 amide bonds. The van der Waals surface area contributed by atoms with Crippen molar-refractivity contribution in [2.45, 2.75) is 0 Å². The molecule has 4 N–H and O–H groups in total. The predicted octanol–water partition coefficient (Wildman–Crippen LogP) is 0.520. The summed E-state index contributed by atoms with van der Waals surface area (Å²) in [5.74, 6) is -6.32. The molecule has 0 aromatic heterocycles. The molecule has 0 atom stereocenters. The maximum absolute atomic E-state index is 12.6. The van der Waals surface area contributed by atoms with Crippen LogP contribution in [0.3, 0.4) is 0 Å². The second-order valence-corrected chi connectivity index (χ2v) is 2.20. The second-order valence-electron chi connectivity index (χ2n) is 2.20. The molecule has 6 heteroatoms. The minimum absolute atomic E-state index is 0.781. The van der Waals surface area contributed by atoms with Crippen molar-refractivity contribution < 1.29 is 24.8 Å². The molecule has 13 heavy (non-hydrogen) atoms. The fourth-order valence-electron chi connectivity index (χ4n) is 0.775. The molecule has 5 nitrogen and oxygen atoms in total. The summed E-state index contributed by atoms with van der Waals surface area (Å²) in [5.41, 5.74) is -0.781. The van der Waals surface area contributed by atoms with Gasteiger partial charge in [0.15, 0.2) is 23.0 Å². The van der Waals surface area contributed by atoms with Crippen LogP contribution in [0, 0.1) is 17.1 Å². The van der Waals surface area contributed by atoms with Crippen LogP contribution in [0.2, 0.25) is 0 Å². The molecule has 0 aliphatic carbocycles. The Morgan fingerprint density at radius 1 is 0.923 bits per heavy atom. The zero-order valence-corrected chi connectivity index (χ0v) is 6.11. The lowest BCUT2D eigenvalue weighted by Crippen LogP contribution is -1.86. The van der Waals surface area contributed by atoms with E-state index in [4.69, 9.17) is 25.7 Å². The summed E-state index contributed by atoms with van der Waals surface area (Å²) in [4.78, 5) is 0. The minimum Gasteiger partial charge on any atom is -0.503 e. The van der Waals surface area contributed by atoms with E-state index in [9.17, 15) is 4.39 Å². The topological polar surface area (TPSA) is 105 Å². The summed E-state index contributed by atoms with van der Waals surface area (Å²) in [5, 5.41) is 43.7. The zero-order chi connectivity index (χ0) is 10.2. The van der Waals surface area contributed by atoms with Gasteiger partial charge in [-0.2, -0.15) is 9.65 Å². The Bertz CT molecular complexity index is 381. The van der Waals surface area contributed by atoms with E-state index in [0.29, 0.717) is 0 Å². The Morgan fingerprint density at radius 2 is 1.31 bits per heavy atom. The summed E-state index contributed by atoms with van der Waals surface area (Å²) < 4.78 is 12.6. The van der Waals surface area contributed by atoms with Gasteiger partial charge in [-0.05, 0) is 0 Å². The van der Waals surface area contributed by atoms with Crippen molar-refractivity contribution in [2.24, 2.45) is 0 Å². The molecule has 0 fully saturated rings.